The van der Waals surface area contributed by atoms with Crippen LogP contribution in [0, 0.1) is 3.57 Å². The first-order chi connectivity index (χ1) is 7.04. The van der Waals surface area contributed by atoms with Gasteiger partial charge in [0.25, 0.3) is 0 Å². The summed E-state index contributed by atoms with van der Waals surface area (Å²) in [6.07, 6.45) is 0.0497. The van der Waals surface area contributed by atoms with Crippen molar-refractivity contribution in [3.05, 3.63) is 32.4 Å². The summed E-state index contributed by atoms with van der Waals surface area (Å²) in [6, 6.07) is 5.40. The van der Waals surface area contributed by atoms with Gasteiger partial charge in [-0.3, -0.25) is 4.79 Å². The highest BCUT2D eigenvalue weighted by molar-refractivity contribution is 14.1. The van der Waals surface area contributed by atoms with Crippen molar-refractivity contribution >= 4 is 40.2 Å². The van der Waals surface area contributed by atoms with E-state index >= 15 is 0 Å². The highest BCUT2D eigenvalue weighted by Crippen LogP contribution is 2.26. The Morgan fingerprint density at radius 1 is 1.60 bits per heavy atom. The van der Waals surface area contributed by atoms with Crippen LogP contribution >= 0.6 is 34.2 Å². The molecule has 15 heavy (non-hydrogen) atoms. The molecule has 3 N–H and O–H groups in total. The molecule has 0 aliphatic carbocycles. The lowest BCUT2D eigenvalue weighted by molar-refractivity contribution is -0.137. The van der Waals surface area contributed by atoms with Gasteiger partial charge in [0.2, 0.25) is 0 Å². The van der Waals surface area contributed by atoms with Crippen LogP contribution in [0.15, 0.2) is 18.2 Å². The number of rotatable bonds is 4. The van der Waals surface area contributed by atoms with E-state index in [2.05, 4.69) is 22.6 Å². The fourth-order valence-electron chi connectivity index (χ4n) is 1.36. The molecule has 0 aliphatic rings. The molecule has 0 heterocycles. The Morgan fingerprint density at radius 2 is 2.27 bits per heavy atom. The summed E-state index contributed by atoms with van der Waals surface area (Å²) in [5, 5.41) is 9.39. The number of hydrogen-bond acceptors (Lipinski definition) is 2. The quantitative estimate of drug-likeness (QED) is 0.828. The molecular formula is C10H11ClINO2. The third kappa shape index (κ3) is 3.62. The van der Waals surface area contributed by atoms with Crippen molar-refractivity contribution in [3.8, 4) is 0 Å². The molecule has 1 rings (SSSR count). The second-order valence-corrected chi connectivity index (χ2v) is 4.79. The minimum atomic E-state index is -0.837. The highest BCUT2D eigenvalue weighted by atomic mass is 127. The fraction of sp³-hybridized carbons (Fsp3) is 0.300. The lowest BCUT2D eigenvalue weighted by Crippen LogP contribution is -2.17. The van der Waals surface area contributed by atoms with Crippen LogP contribution in [0.3, 0.4) is 0 Å². The van der Waals surface area contributed by atoms with Gasteiger partial charge in [0.05, 0.1) is 6.42 Å². The van der Waals surface area contributed by atoms with Gasteiger partial charge in [0.1, 0.15) is 0 Å². The summed E-state index contributed by atoms with van der Waals surface area (Å²) in [6.45, 7) is 0.323. The molecule has 0 radical (unpaired) electrons. The molecule has 3 nitrogen and oxygen atoms in total. The number of carboxylic acid groups (broad SMARTS) is 1. The molecule has 0 spiro atoms. The normalized spacial score (nSPS) is 12.5. The average Bonchev–Trinajstić information content (AvgIpc) is 2.14. The van der Waals surface area contributed by atoms with Gasteiger partial charge in [-0.2, -0.15) is 0 Å². The SMILES string of the molecule is NC[C@H](CC(=O)O)c1ccc(Cl)cc1I. The number of halogens is 2. The molecule has 1 aromatic rings. The maximum atomic E-state index is 10.6. The van der Waals surface area contributed by atoms with Crippen LogP contribution in [0.25, 0.3) is 0 Å². The van der Waals surface area contributed by atoms with Crippen molar-refractivity contribution in [2.24, 2.45) is 5.73 Å². The number of benzene rings is 1. The monoisotopic (exact) mass is 339 g/mol. The zero-order chi connectivity index (χ0) is 11.4. The van der Waals surface area contributed by atoms with Crippen LogP contribution in [0.5, 0.6) is 0 Å². The highest BCUT2D eigenvalue weighted by Gasteiger charge is 2.16. The molecule has 0 fully saturated rings. The predicted octanol–water partition coefficient (Wildman–Crippen LogP) is 2.46. The van der Waals surface area contributed by atoms with Crippen LogP contribution in [0.2, 0.25) is 5.02 Å². The number of nitrogens with two attached hydrogens (primary N) is 1. The Balaban J connectivity index is 2.96. The summed E-state index contributed by atoms with van der Waals surface area (Å²) < 4.78 is 0.955. The van der Waals surface area contributed by atoms with Crippen molar-refractivity contribution in [2.45, 2.75) is 12.3 Å². The first kappa shape index (κ1) is 12.7. The number of carboxylic acids is 1. The van der Waals surface area contributed by atoms with Gasteiger partial charge in [-0.05, 0) is 46.8 Å². The lowest BCUT2D eigenvalue weighted by atomic mass is 9.96. The van der Waals surface area contributed by atoms with E-state index in [4.69, 9.17) is 22.4 Å². The molecule has 0 aromatic heterocycles. The largest absolute Gasteiger partial charge is 0.481 e. The van der Waals surface area contributed by atoms with Crippen molar-refractivity contribution in [2.75, 3.05) is 6.54 Å². The van der Waals surface area contributed by atoms with E-state index in [0.29, 0.717) is 11.6 Å². The van der Waals surface area contributed by atoms with E-state index in [1.807, 2.05) is 12.1 Å². The Kier molecular flexibility index (Phi) is 4.82. The average molecular weight is 340 g/mol. The first-order valence-corrected chi connectivity index (χ1v) is 5.87. The number of aliphatic carboxylic acids is 1. The van der Waals surface area contributed by atoms with E-state index in [-0.39, 0.29) is 12.3 Å². The maximum absolute atomic E-state index is 10.6. The van der Waals surface area contributed by atoms with Crippen molar-refractivity contribution in [1.29, 1.82) is 0 Å². The van der Waals surface area contributed by atoms with Crippen LogP contribution < -0.4 is 5.73 Å². The van der Waals surface area contributed by atoms with Gasteiger partial charge < -0.3 is 10.8 Å². The summed E-state index contributed by atoms with van der Waals surface area (Å²) in [5.41, 5.74) is 6.51. The lowest BCUT2D eigenvalue weighted by Gasteiger charge is -2.14. The van der Waals surface area contributed by atoms with Crippen LogP contribution in [-0.2, 0) is 4.79 Å². The minimum Gasteiger partial charge on any atom is -0.481 e. The summed E-state index contributed by atoms with van der Waals surface area (Å²) in [5.74, 6) is -0.983. The zero-order valence-electron chi connectivity index (χ0n) is 7.91. The van der Waals surface area contributed by atoms with Gasteiger partial charge in [-0.25, -0.2) is 0 Å². The molecule has 0 unspecified atom stereocenters. The molecule has 0 saturated carbocycles. The summed E-state index contributed by atoms with van der Waals surface area (Å²) in [7, 11) is 0. The predicted molar refractivity (Wildman–Crippen MR) is 68.2 cm³/mol. The number of hydrogen-bond donors (Lipinski definition) is 2. The van der Waals surface area contributed by atoms with Crippen LogP contribution in [-0.4, -0.2) is 17.6 Å². The molecular weight excluding hydrogens is 328 g/mol. The molecule has 1 atom stereocenters. The number of carbonyl (C=O) groups is 1. The molecule has 0 saturated heterocycles. The van der Waals surface area contributed by atoms with Crippen molar-refractivity contribution in [3.63, 3.8) is 0 Å². The van der Waals surface area contributed by atoms with Crippen LogP contribution in [0.1, 0.15) is 17.9 Å². The molecule has 1 aromatic carbocycles. The van der Waals surface area contributed by atoms with Gasteiger partial charge in [-0.1, -0.05) is 17.7 Å². The van der Waals surface area contributed by atoms with E-state index < -0.39 is 5.97 Å². The summed E-state index contributed by atoms with van der Waals surface area (Å²) >= 11 is 7.96. The first-order valence-electron chi connectivity index (χ1n) is 4.41. The molecule has 0 bridgehead atoms. The molecule has 5 heteroatoms. The van der Waals surface area contributed by atoms with Gasteiger partial charge in [-0.15, -0.1) is 0 Å². The van der Waals surface area contributed by atoms with Crippen molar-refractivity contribution in [1.82, 2.24) is 0 Å². The van der Waals surface area contributed by atoms with Crippen LogP contribution in [0.4, 0.5) is 0 Å². The Hall–Kier alpha value is -0.330. The van der Waals surface area contributed by atoms with Crippen molar-refractivity contribution < 1.29 is 9.90 Å². The van der Waals surface area contributed by atoms with E-state index in [1.54, 1.807) is 6.07 Å². The Morgan fingerprint density at radius 3 is 2.73 bits per heavy atom. The van der Waals surface area contributed by atoms with Gasteiger partial charge in [0.15, 0.2) is 0 Å². The fourth-order valence-corrected chi connectivity index (χ4v) is 2.68. The second-order valence-electron chi connectivity index (χ2n) is 3.20. The third-order valence-corrected chi connectivity index (χ3v) is 3.28. The van der Waals surface area contributed by atoms with E-state index in [1.165, 1.54) is 0 Å². The Labute approximate surface area is 107 Å². The maximum Gasteiger partial charge on any atom is 0.304 e. The van der Waals surface area contributed by atoms with Gasteiger partial charge >= 0.3 is 5.97 Å². The molecule has 0 aliphatic heterocycles. The molecule has 0 amide bonds. The minimum absolute atomic E-state index is 0.0497. The second kappa shape index (κ2) is 5.67. The standard InChI is InChI=1S/C10H11ClINO2/c11-7-1-2-8(9(12)4-7)6(5-13)3-10(14)15/h1-2,4,6H,3,5,13H2,(H,14,15)/t6-/m0/s1. The third-order valence-electron chi connectivity index (χ3n) is 2.11. The zero-order valence-corrected chi connectivity index (χ0v) is 10.8. The van der Waals surface area contributed by atoms with E-state index in [9.17, 15) is 4.79 Å². The van der Waals surface area contributed by atoms with Gasteiger partial charge in [0, 0.05) is 14.5 Å². The smallest absolute Gasteiger partial charge is 0.304 e. The Bertz CT molecular complexity index is 370. The topological polar surface area (TPSA) is 63.3 Å². The molecule has 82 valence electrons. The van der Waals surface area contributed by atoms with E-state index in [0.717, 1.165) is 9.13 Å². The summed E-state index contributed by atoms with van der Waals surface area (Å²) in [4.78, 5) is 10.6.